The van der Waals surface area contributed by atoms with Crippen molar-refractivity contribution < 1.29 is 33.6 Å². The molecule has 0 aromatic heterocycles. The van der Waals surface area contributed by atoms with Gasteiger partial charge in [0.1, 0.15) is 18.2 Å². The number of ether oxygens (including phenoxy) is 4. The first kappa shape index (κ1) is 30.4. The summed E-state index contributed by atoms with van der Waals surface area (Å²) in [7, 11) is 3.49. The van der Waals surface area contributed by atoms with E-state index in [1.807, 2.05) is 0 Å². The number of nitriles is 1. The summed E-state index contributed by atoms with van der Waals surface area (Å²) in [5.74, 6) is -1.45. The molecule has 5 saturated heterocycles. The summed E-state index contributed by atoms with van der Waals surface area (Å²) in [5.41, 5.74) is -0.209. The van der Waals surface area contributed by atoms with E-state index < -0.39 is 29.9 Å². The van der Waals surface area contributed by atoms with Crippen molar-refractivity contribution in [3.63, 3.8) is 0 Å². The van der Waals surface area contributed by atoms with Gasteiger partial charge in [0, 0.05) is 36.2 Å². The van der Waals surface area contributed by atoms with Gasteiger partial charge in [-0.2, -0.15) is 5.26 Å². The van der Waals surface area contributed by atoms with Gasteiger partial charge < -0.3 is 34.3 Å². The minimum atomic E-state index is -1.18. The number of fused-ring (bicyclic) bond motifs is 1. The number of aliphatic hydroxyl groups excluding tert-OH is 1. The number of hydrogen-bond donors (Lipinski definition) is 2. The van der Waals surface area contributed by atoms with Gasteiger partial charge in [-0.25, -0.2) is 0 Å². The smallest absolute Gasteiger partial charge is 0.307 e. The lowest BCUT2D eigenvalue weighted by Gasteiger charge is -2.47. The fraction of sp³-hybridized carbons (Fsp3) is 0.889. The van der Waals surface area contributed by atoms with E-state index in [1.54, 1.807) is 40.3 Å². The molecule has 11 nitrogen and oxygen atoms in total. The van der Waals surface area contributed by atoms with Gasteiger partial charge in [-0.05, 0) is 52.9 Å². The van der Waals surface area contributed by atoms with Crippen LogP contribution in [-0.4, -0.2) is 119 Å². The lowest BCUT2D eigenvalue weighted by molar-refractivity contribution is -0.299. The van der Waals surface area contributed by atoms with Crippen molar-refractivity contribution in [3.05, 3.63) is 0 Å². The average molecular weight is 599 g/mol. The second-order valence-electron chi connectivity index (χ2n) is 12.3. The first-order valence-electron chi connectivity index (χ1n) is 14.4. The highest BCUT2D eigenvalue weighted by Crippen LogP contribution is 2.44. The number of aliphatic hydroxyl groups is 1. The van der Waals surface area contributed by atoms with Crippen LogP contribution in [0, 0.1) is 11.3 Å². The van der Waals surface area contributed by atoms with Crippen LogP contribution in [0.25, 0.3) is 0 Å². The normalized spacial score (nSPS) is 37.2. The molecule has 224 valence electrons. The van der Waals surface area contributed by atoms with Crippen molar-refractivity contribution in [2.75, 3.05) is 45.1 Å². The van der Waals surface area contributed by atoms with Crippen molar-refractivity contribution in [2.45, 2.75) is 106 Å². The van der Waals surface area contributed by atoms with Gasteiger partial charge >= 0.3 is 5.97 Å². The highest BCUT2D eigenvalue weighted by atomic mass is 33.1. The van der Waals surface area contributed by atoms with Crippen LogP contribution in [0.2, 0.25) is 0 Å². The summed E-state index contributed by atoms with van der Waals surface area (Å²) in [5, 5.41) is 24.2. The SMILES string of the molecule is CC1(NCC(=O)N2CCC[C@H]2C#N)CCN(C[C@@]23OC[C@@H](OC(=O)CC4CCSS4)[C@@H](O)[C@@H]2OC(C)(C)O3)CC1. The number of likely N-dealkylation sites (tertiary alicyclic amines) is 2. The van der Waals surface area contributed by atoms with E-state index in [0.29, 0.717) is 19.5 Å². The summed E-state index contributed by atoms with van der Waals surface area (Å²) < 4.78 is 24.3. The largest absolute Gasteiger partial charge is 0.457 e. The maximum atomic E-state index is 12.7. The number of nitrogens with zero attached hydrogens (tertiary/aromatic N) is 3. The van der Waals surface area contributed by atoms with Gasteiger partial charge in [-0.3, -0.25) is 14.5 Å². The molecule has 5 fully saturated rings. The third-order valence-corrected chi connectivity index (χ3v) is 11.6. The van der Waals surface area contributed by atoms with Crippen molar-refractivity contribution in [2.24, 2.45) is 0 Å². The fourth-order valence-electron chi connectivity index (χ4n) is 6.32. The molecule has 0 aromatic carbocycles. The van der Waals surface area contributed by atoms with E-state index in [-0.39, 0.29) is 41.9 Å². The predicted octanol–water partition coefficient (Wildman–Crippen LogP) is 1.64. The van der Waals surface area contributed by atoms with Gasteiger partial charge in [0.25, 0.3) is 0 Å². The Kier molecular flexibility index (Phi) is 9.29. The molecule has 0 aliphatic carbocycles. The Morgan fingerprint density at radius 2 is 1.98 bits per heavy atom. The van der Waals surface area contributed by atoms with E-state index >= 15 is 0 Å². The summed E-state index contributed by atoms with van der Waals surface area (Å²) in [6.45, 7) is 8.52. The maximum Gasteiger partial charge on any atom is 0.307 e. The van der Waals surface area contributed by atoms with Gasteiger partial charge in [0.15, 0.2) is 11.9 Å². The van der Waals surface area contributed by atoms with Gasteiger partial charge in [-0.15, -0.1) is 0 Å². The van der Waals surface area contributed by atoms with Crippen LogP contribution in [0.5, 0.6) is 0 Å². The number of nitrogens with one attached hydrogen (secondary N) is 1. The minimum Gasteiger partial charge on any atom is -0.457 e. The second kappa shape index (κ2) is 12.2. The Morgan fingerprint density at radius 3 is 2.67 bits per heavy atom. The van der Waals surface area contributed by atoms with E-state index in [4.69, 9.17) is 18.9 Å². The first-order chi connectivity index (χ1) is 19.0. The minimum absolute atomic E-state index is 0.0195. The van der Waals surface area contributed by atoms with Gasteiger partial charge in [0.05, 0.1) is 32.2 Å². The Morgan fingerprint density at radius 1 is 1.20 bits per heavy atom. The van der Waals surface area contributed by atoms with Gasteiger partial charge in [0.2, 0.25) is 11.7 Å². The lowest BCUT2D eigenvalue weighted by Crippen LogP contribution is -2.65. The molecule has 0 saturated carbocycles. The molecule has 1 unspecified atom stereocenters. The second-order valence-corrected chi connectivity index (χ2v) is 15.1. The molecule has 13 heteroatoms. The Hall–Kier alpha value is -1.11. The lowest BCUT2D eigenvalue weighted by atomic mass is 9.88. The van der Waals surface area contributed by atoms with Crippen LogP contribution in [0.3, 0.4) is 0 Å². The fourth-order valence-corrected chi connectivity index (χ4v) is 9.20. The Bertz CT molecular complexity index is 982. The molecule has 5 rings (SSSR count). The number of carbonyl (C=O) groups is 2. The Balaban J connectivity index is 1.14. The Labute approximate surface area is 244 Å². The van der Waals surface area contributed by atoms with Crippen molar-refractivity contribution in [1.82, 2.24) is 15.1 Å². The summed E-state index contributed by atoms with van der Waals surface area (Å²) in [6.07, 6.45) is 1.86. The summed E-state index contributed by atoms with van der Waals surface area (Å²) in [4.78, 5) is 29.2. The number of piperidine rings is 1. The molecule has 40 heavy (non-hydrogen) atoms. The quantitative estimate of drug-likeness (QED) is 0.311. The summed E-state index contributed by atoms with van der Waals surface area (Å²) in [6, 6.07) is 1.92. The summed E-state index contributed by atoms with van der Waals surface area (Å²) >= 11 is 0. The van der Waals surface area contributed by atoms with Crippen molar-refractivity contribution in [3.8, 4) is 6.07 Å². The monoisotopic (exact) mass is 598 g/mol. The highest BCUT2D eigenvalue weighted by Gasteiger charge is 2.62. The zero-order valence-corrected chi connectivity index (χ0v) is 25.3. The van der Waals surface area contributed by atoms with Crippen LogP contribution in [-0.2, 0) is 28.5 Å². The van der Waals surface area contributed by atoms with Crippen LogP contribution >= 0.6 is 21.6 Å². The molecule has 6 atom stereocenters. The molecule has 1 amide bonds. The first-order valence-corrected chi connectivity index (χ1v) is 16.7. The van der Waals surface area contributed by atoms with E-state index in [9.17, 15) is 20.0 Å². The van der Waals surface area contributed by atoms with Crippen LogP contribution in [0.1, 0.15) is 59.3 Å². The standard InChI is InChI=1S/C27H42N4O7S2/c1-25(2)37-24-23(34)20(36-22(33)13-19-6-12-39-40-19)16-35-27(24,38-25)17-30-10-7-26(3,8-11-30)29-15-21(32)31-9-4-5-18(31)14-28/h18-20,23-24,29,34H,4-13,15-17H2,1-3H3/t18-,19?,20+,23+,24-,27-/m0/s1. The third kappa shape index (κ3) is 6.75. The van der Waals surface area contributed by atoms with E-state index in [1.165, 1.54) is 0 Å². The van der Waals surface area contributed by atoms with E-state index in [2.05, 4.69) is 23.2 Å². The molecular weight excluding hydrogens is 556 g/mol. The van der Waals surface area contributed by atoms with Crippen LogP contribution < -0.4 is 5.32 Å². The molecule has 2 N–H and O–H groups in total. The third-order valence-electron chi connectivity index (χ3n) is 8.64. The molecule has 0 aromatic rings. The zero-order chi connectivity index (χ0) is 28.5. The number of carbonyl (C=O) groups excluding carboxylic acids is 2. The highest BCUT2D eigenvalue weighted by molar-refractivity contribution is 8.77. The molecule has 0 spiro atoms. The van der Waals surface area contributed by atoms with Crippen molar-refractivity contribution >= 4 is 33.5 Å². The maximum absolute atomic E-state index is 12.7. The number of rotatable bonds is 8. The topological polar surface area (TPSA) is 134 Å². The molecule has 0 bridgehead atoms. The molecule has 5 aliphatic heterocycles. The predicted molar refractivity (Wildman–Crippen MR) is 150 cm³/mol. The number of amides is 1. The number of esters is 1. The molecule has 0 radical (unpaired) electrons. The van der Waals surface area contributed by atoms with Gasteiger partial charge in [-0.1, -0.05) is 21.6 Å². The van der Waals surface area contributed by atoms with Crippen LogP contribution in [0.15, 0.2) is 0 Å². The zero-order valence-electron chi connectivity index (χ0n) is 23.6. The average Bonchev–Trinajstić information content (AvgIpc) is 3.65. The van der Waals surface area contributed by atoms with Crippen LogP contribution in [0.4, 0.5) is 0 Å². The molecule has 5 aliphatic rings. The number of hydrogen-bond acceptors (Lipinski definition) is 12. The van der Waals surface area contributed by atoms with E-state index in [0.717, 1.165) is 50.9 Å². The van der Waals surface area contributed by atoms with Crippen molar-refractivity contribution in [1.29, 1.82) is 5.26 Å². The molecule has 5 heterocycles. The molecular formula is C27H42N4O7S2.